The Morgan fingerprint density at radius 1 is 1.07 bits per heavy atom. The van der Waals surface area contributed by atoms with Crippen LogP contribution in [0.4, 0.5) is 0 Å². The van der Waals surface area contributed by atoms with Gasteiger partial charge in [0.2, 0.25) is 0 Å². The monoisotopic (exact) mass is 392 g/mol. The second-order valence-corrected chi connectivity index (χ2v) is 7.63. The quantitative estimate of drug-likeness (QED) is 0.677. The molecule has 0 aromatic heterocycles. The Labute approximate surface area is 174 Å². The van der Waals surface area contributed by atoms with Gasteiger partial charge in [-0.1, -0.05) is 61.0 Å². The number of carbonyl (C=O) groups is 1. The van der Waals surface area contributed by atoms with Crippen molar-refractivity contribution in [3.63, 3.8) is 0 Å². The fourth-order valence-corrected chi connectivity index (χ4v) is 3.59. The fourth-order valence-electron chi connectivity index (χ4n) is 3.59. The Balaban J connectivity index is 1.72. The second kappa shape index (κ2) is 10.9. The lowest BCUT2D eigenvalue weighted by Crippen LogP contribution is -2.43. The summed E-state index contributed by atoms with van der Waals surface area (Å²) in [5, 5.41) is 0. The molecule has 0 N–H and O–H groups in total. The highest BCUT2D eigenvalue weighted by Crippen LogP contribution is 2.13. The lowest BCUT2D eigenvalue weighted by molar-refractivity contribution is 0.0330. The van der Waals surface area contributed by atoms with Gasteiger partial charge in [0.05, 0.1) is 13.2 Å². The summed E-state index contributed by atoms with van der Waals surface area (Å²) in [7, 11) is 0. The second-order valence-electron chi connectivity index (χ2n) is 7.63. The number of ether oxygens (including phenoxy) is 1. The van der Waals surface area contributed by atoms with Crippen LogP contribution in [-0.4, -0.2) is 61.6 Å². The first-order valence-electron chi connectivity index (χ1n) is 10.6. The summed E-state index contributed by atoms with van der Waals surface area (Å²) in [5.41, 5.74) is 4.35. The summed E-state index contributed by atoms with van der Waals surface area (Å²) in [4.78, 5) is 17.6. The van der Waals surface area contributed by atoms with E-state index in [1.807, 2.05) is 35.2 Å². The summed E-state index contributed by atoms with van der Waals surface area (Å²) < 4.78 is 5.44. The van der Waals surface area contributed by atoms with Gasteiger partial charge in [0.15, 0.2) is 0 Å². The van der Waals surface area contributed by atoms with Crippen molar-refractivity contribution in [2.24, 2.45) is 0 Å². The highest BCUT2D eigenvalue weighted by atomic mass is 16.5. The molecular formula is C25H32N2O2. The molecule has 4 heteroatoms. The minimum Gasteiger partial charge on any atom is -0.379 e. The molecule has 1 amide bonds. The van der Waals surface area contributed by atoms with E-state index in [1.54, 1.807) is 0 Å². The van der Waals surface area contributed by atoms with Crippen LogP contribution in [0.15, 0.2) is 60.2 Å². The van der Waals surface area contributed by atoms with Crippen LogP contribution in [0.5, 0.6) is 0 Å². The van der Waals surface area contributed by atoms with Gasteiger partial charge in [-0.25, -0.2) is 0 Å². The van der Waals surface area contributed by atoms with E-state index in [1.165, 1.54) is 11.1 Å². The number of carbonyl (C=O) groups excluding carboxylic acids is 1. The number of benzene rings is 2. The van der Waals surface area contributed by atoms with Crippen LogP contribution in [0.3, 0.4) is 0 Å². The normalized spacial score (nSPS) is 15.3. The number of hydrogen-bond acceptors (Lipinski definition) is 3. The van der Waals surface area contributed by atoms with Gasteiger partial charge in [0.25, 0.3) is 5.91 Å². The molecule has 1 aliphatic rings. The molecule has 29 heavy (non-hydrogen) atoms. The maximum atomic E-state index is 13.3. The van der Waals surface area contributed by atoms with Crippen molar-refractivity contribution in [3.05, 3.63) is 76.9 Å². The Bertz CT molecular complexity index is 793. The minimum absolute atomic E-state index is 0.0988. The van der Waals surface area contributed by atoms with Gasteiger partial charge < -0.3 is 9.64 Å². The van der Waals surface area contributed by atoms with Gasteiger partial charge in [0, 0.05) is 38.3 Å². The predicted molar refractivity (Wildman–Crippen MR) is 119 cm³/mol. The number of hydrogen-bond donors (Lipinski definition) is 0. The zero-order chi connectivity index (χ0) is 20.5. The molecule has 2 aromatic carbocycles. The van der Waals surface area contributed by atoms with Crippen molar-refractivity contribution in [1.29, 1.82) is 0 Å². The van der Waals surface area contributed by atoms with Crippen molar-refractivity contribution in [3.8, 4) is 0 Å². The first-order valence-corrected chi connectivity index (χ1v) is 10.6. The molecule has 3 rings (SSSR count). The Hall–Kier alpha value is -2.43. The molecule has 1 aliphatic heterocycles. The van der Waals surface area contributed by atoms with E-state index in [-0.39, 0.29) is 5.91 Å². The van der Waals surface area contributed by atoms with E-state index in [0.29, 0.717) is 13.1 Å². The molecule has 0 aliphatic carbocycles. The van der Waals surface area contributed by atoms with E-state index >= 15 is 0 Å². The smallest absolute Gasteiger partial charge is 0.254 e. The molecule has 2 aromatic rings. The third-order valence-electron chi connectivity index (χ3n) is 5.34. The van der Waals surface area contributed by atoms with Gasteiger partial charge in [-0.3, -0.25) is 9.69 Å². The third-order valence-corrected chi connectivity index (χ3v) is 5.34. The lowest BCUT2D eigenvalue weighted by atomic mass is 10.1. The van der Waals surface area contributed by atoms with Crippen LogP contribution in [0.2, 0.25) is 0 Å². The molecule has 1 heterocycles. The third kappa shape index (κ3) is 6.55. The Kier molecular flexibility index (Phi) is 8.03. The van der Waals surface area contributed by atoms with Crippen molar-refractivity contribution in [1.82, 2.24) is 9.80 Å². The number of morpholine rings is 1. The maximum Gasteiger partial charge on any atom is 0.254 e. The van der Waals surface area contributed by atoms with Gasteiger partial charge in [-0.15, -0.1) is 0 Å². The van der Waals surface area contributed by atoms with Gasteiger partial charge >= 0.3 is 0 Å². The number of rotatable bonds is 8. The lowest BCUT2D eigenvalue weighted by Gasteiger charge is -2.30. The molecule has 0 atom stereocenters. The summed E-state index contributed by atoms with van der Waals surface area (Å²) in [5.74, 6) is 0.0988. The first kappa shape index (κ1) is 21.3. The molecule has 0 saturated carbocycles. The number of aryl methyl sites for hydroxylation is 1. The fraction of sp³-hybridized carbons (Fsp3) is 0.400. The highest BCUT2D eigenvalue weighted by molar-refractivity contribution is 5.94. The van der Waals surface area contributed by atoms with Crippen LogP contribution in [0, 0.1) is 0 Å². The standard InChI is InChI=1S/C25H32N2O2/c1-3-22-9-11-24(12-10-22)25(28)27(14-13-26-15-17-29-18-16-26)20-21(2)19-23-7-5-4-6-8-23/h4-12,19H,3,13-18,20H2,1-2H3. The maximum absolute atomic E-state index is 13.3. The van der Waals surface area contributed by atoms with Crippen molar-refractivity contribution < 1.29 is 9.53 Å². The summed E-state index contributed by atoms with van der Waals surface area (Å²) in [6.07, 6.45) is 3.14. The molecule has 1 fully saturated rings. The van der Waals surface area contributed by atoms with Gasteiger partial charge in [-0.2, -0.15) is 0 Å². The average molecular weight is 393 g/mol. The molecular weight excluding hydrogens is 360 g/mol. The summed E-state index contributed by atoms with van der Waals surface area (Å²) in [6.45, 7) is 9.88. The molecule has 4 nitrogen and oxygen atoms in total. The van der Waals surface area contributed by atoms with Crippen LogP contribution in [0.1, 0.15) is 35.3 Å². The van der Waals surface area contributed by atoms with Crippen LogP contribution >= 0.6 is 0 Å². The highest BCUT2D eigenvalue weighted by Gasteiger charge is 2.18. The van der Waals surface area contributed by atoms with Crippen LogP contribution in [-0.2, 0) is 11.2 Å². The first-order chi connectivity index (χ1) is 14.2. The minimum atomic E-state index is 0.0988. The van der Waals surface area contributed by atoms with E-state index in [9.17, 15) is 4.79 Å². The Morgan fingerprint density at radius 3 is 2.41 bits per heavy atom. The molecule has 0 spiro atoms. The zero-order valence-corrected chi connectivity index (χ0v) is 17.6. The SMILES string of the molecule is CCc1ccc(C(=O)N(CCN2CCOCC2)CC(C)=Cc2ccccc2)cc1. The van der Waals surface area contributed by atoms with Crippen LogP contribution < -0.4 is 0 Å². The molecule has 0 radical (unpaired) electrons. The molecule has 154 valence electrons. The van der Waals surface area contributed by atoms with E-state index < -0.39 is 0 Å². The number of amides is 1. The van der Waals surface area contributed by atoms with Crippen molar-refractivity contribution in [2.45, 2.75) is 20.3 Å². The van der Waals surface area contributed by atoms with Gasteiger partial charge in [0.1, 0.15) is 0 Å². The van der Waals surface area contributed by atoms with Crippen molar-refractivity contribution in [2.75, 3.05) is 45.9 Å². The topological polar surface area (TPSA) is 32.8 Å². The Morgan fingerprint density at radius 2 is 1.76 bits per heavy atom. The summed E-state index contributed by atoms with van der Waals surface area (Å²) >= 11 is 0. The summed E-state index contributed by atoms with van der Waals surface area (Å²) in [6, 6.07) is 18.3. The van der Waals surface area contributed by atoms with E-state index in [2.05, 4.69) is 49.1 Å². The number of nitrogens with zero attached hydrogens (tertiary/aromatic N) is 2. The average Bonchev–Trinajstić information content (AvgIpc) is 2.77. The van der Waals surface area contributed by atoms with E-state index in [0.717, 1.165) is 50.4 Å². The zero-order valence-electron chi connectivity index (χ0n) is 17.6. The molecule has 0 bridgehead atoms. The van der Waals surface area contributed by atoms with E-state index in [4.69, 9.17) is 4.74 Å². The largest absolute Gasteiger partial charge is 0.379 e. The predicted octanol–water partition coefficient (Wildman–Crippen LogP) is 4.13. The molecule has 1 saturated heterocycles. The van der Waals surface area contributed by atoms with Crippen LogP contribution in [0.25, 0.3) is 6.08 Å². The molecule has 0 unspecified atom stereocenters. The van der Waals surface area contributed by atoms with Gasteiger partial charge in [-0.05, 0) is 36.6 Å². The van der Waals surface area contributed by atoms with Crippen molar-refractivity contribution >= 4 is 12.0 Å².